The van der Waals surface area contributed by atoms with Crippen molar-refractivity contribution in [3.05, 3.63) is 17.7 Å². The first kappa shape index (κ1) is 17.6. The summed E-state index contributed by atoms with van der Waals surface area (Å²) in [5.74, 6) is 1.63. The predicted molar refractivity (Wildman–Crippen MR) is 92.5 cm³/mol. The van der Waals surface area contributed by atoms with Crippen molar-refractivity contribution in [2.24, 2.45) is 5.92 Å². The van der Waals surface area contributed by atoms with Crippen LogP contribution in [0.4, 0.5) is 0 Å². The summed E-state index contributed by atoms with van der Waals surface area (Å²) >= 11 is 0. The van der Waals surface area contributed by atoms with Crippen molar-refractivity contribution >= 4 is 11.7 Å². The average molecular weight is 347 g/mol. The van der Waals surface area contributed by atoms with Crippen LogP contribution in [0.25, 0.3) is 0 Å². The second kappa shape index (κ2) is 6.58. The van der Waals surface area contributed by atoms with Crippen molar-refractivity contribution < 1.29 is 23.8 Å². The van der Waals surface area contributed by atoms with E-state index in [-0.39, 0.29) is 17.6 Å². The molecule has 0 radical (unpaired) electrons. The lowest BCUT2D eigenvalue weighted by Gasteiger charge is -2.44. The molecule has 6 nitrogen and oxygen atoms in total. The molecule has 2 aliphatic heterocycles. The molecule has 1 aromatic carbocycles. The molecule has 0 unspecified atom stereocenters. The van der Waals surface area contributed by atoms with Gasteiger partial charge < -0.3 is 19.1 Å². The fourth-order valence-electron chi connectivity index (χ4n) is 3.64. The fourth-order valence-corrected chi connectivity index (χ4v) is 3.64. The molecule has 0 aromatic heterocycles. The molecule has 1 fully saturated rings. The monoisotopic (exact) mass is 347 g/mol. The predicted octanol–water partition coefficient (Wildman–Crippen LogP) is 2.69. The van der Waals surface area contributed by atoms with Crippen molar-refractivity contribution in [3.8, 4) is 17.2 Å². The Balaban J connectivity index is 1.86. The number of likely N-dealkylation sites (tertiary alicyclic amines) is 1. The van der Waals surface area contributed by atoms with Gasteiger partial charge in [0.25, 0.3) is 0 Å². The molecule has 1 saturated heterocycles. The van der Waals surface area contributed by atoms with E-state index in [0.29, 0.717) is 55.2 Å². The molecule has 136 valence electrons. The summed E-state index contributed by atoms with van der Waals surface area (Å²) < 4.78 is 17.1. The number of piperidine rings is 1. The summed E-state index contributed by atoms with van der Waals surface area (Å²) in [6, 6.07) is 3.45. The average Bonchev–Trinajstić information content (AvgIpc) is 2.60. The number of Topliss-reactive ketones (excluding diaryl/α,β-unsaturated/α-hetero) is 1. The minimum Gasteiger partial charge on any atom is -0.493 e. The first-order valence-corrected chi connectivity index (χ1v) is 8.67. The van der Waals surface area contributed by atoms with Crippen molar-refractivity contribution in [2.75, 3.05) is 27.3 Å². The molecule has 2 aliphatic rings. The Bertz CT molecular complexity index is 689. The van der Waals surface area contributed by atoms with Gasteiger partial charge in [-0.2, -0.15) is 0 Å². The molecule has 6 heteroatoms. The van der Waals surface area contributed by atoms with Crippen molar-refractivity contribution in [3.63, 3.8) is 0 Å². The summed E-state index contributed by atoms with van der Waals surface area (Å²) in [5.41, 5.74) is -0.0405. The minimum absolute atomic E-state index is 0.0203. The second-order valence-corrected chi connectivity index (χ2v) is 7.04. The van der Waals surface area contributed by atoms with Gasteiger partial charge in [-0.05, 0) is 12.1 Å². The highest BCUT2D eigenvalue weighted by Gasteiger charge is 2.45. The number of methoxy groups -OCH3 is 2. The molecule has 1 amide bonds. The molecule has 1 spiro atoms. The van der Waals surface area contributed by atoms with Crippen LogP contribution in [-0.4, -0.2) is 49.5 Å². The Hall–Kier alpha value is -2.24. The number of fused-ring (bicyclic) bond motifs is 1. The standard InChI is InChI=1S/C19H25NO5/c1-12(2)18(22)20-9-7-19(8-10-20)11-14(21)13-5-6-15(23-3)17(24-4)16(13)25-19/h5-6,12H,7-11H2,1-4H3. The van der Waals surface area contributed by atoms with E-state index in [1.165, 1.54) is 7.11 Å². The van der Waals surface area contributed by atoms with E-state index in [4.69, 9.17) is 14.2 Å². The molecular formula is C19H25NO5. The summed E-state index contributed by atoms with van der Waals surface area (Å²) in [5, 5.41) is 0. The Morgan fingerprint density at radius 3 is 2.44 bits per heavy atom. The lowest BCUT2D eigenvalue weighted by atomic mass is 9.82. The molecule has 0 saturated carbocycles. The third-order valence-electron chi connectivity index (χ3n) is 5.08. The Morgan fingerprint density at radius 2 is 1.88 bits per heavy atom. The Labute approximate surface area is 148 Å². The highest BCUT2D eigenvalue weighted by molar-refractivity contribution is 6.01. The Morgan fingerprint density at radius 1 is 1.20 bits per heavy atom. The first-order valence-electron chi connectivity index (χ1n) is 8.67. The minimum atomic E-state index is -0.572. The van der Waals surface area contributed by atoms with Crippen LogP contribution in [0.2, 0.25) is 0 Å². The molecule has 0 atom stereocenters. The number of hydrogen-bond donors (Lipinski definition) is 0. The molecule has 25 heavy (non-hydrogen) atoms. The Kier molecular flexibility index (Phi) is 4.62. The lowest BCUT2D eigenvalue weighted by molar-refractivity contribution is -0.138. The lowest BCUT2D eigenvalue weighted by Crippen LogP contribution is -2.52. The molecule has 0 N–H and O–H groups in total. The number of rotatable bonds is 3. The van der Waals surface area contributed by atoms with Gasteiger partial charge in [0.05, 0.1) is 26.2 Å². The van der Waals surface area contributed by atoms with Crippen molar-refractivity contribution in [1.82, 2.24) is 4.90 Å². The van der Waals surface area contributed by atoms with Crippen LogP contribution in [0, 0.1) is 5.92 Å². The van der Waals surface area contributed by atoms with Crippen LogP contribution in [0.1, 0.15) is 43.5 Å². The van der Waals surface area contributed by atoms with Crippen LogP contribution in [-0.2, 0) is 4.79 Å². The molecule has 2 heterocycles. The molecule has 3 rings (SSSR count). The zero-order valence-electron chi connectivity index (χ0n) is 15.3. The maximum absolute atomic E-state index is 12.7. The van der Waals surface area contributed by atoms with Gasteiger partial charge in [-0.25, -0.2) is 0 Å². The highest BCUT2D eigenvalue weighted by atomic mass is 16.5. The highest BCUT2D eigenvalue weighted by Crippen LogP contribution is 2.47. The van der Waals surface area contributed by atoms with Gasteiger partial charge in [-0.15, -0.1) is 0 Å². The number of hydrogen-bond acceptors (Lipinski definition) is 5. The maximum atomic E-state index is 12.7. The number of nitrogens with zero attached hydrogens (tertiary/aromatic N) is 1. The maximum Gasteiger partial charge on any atom is 0.225 e. The molecule has 1 aromatic rings. The third kappa shape index (κ3) is 3.05. The zero-order chi connectivity index (χ0) is 18.2. The van der Waals surface area contributed by atoms with E-state index >= 15 is 0 Å². The summed E-state index contributed by atoms with van der Waals surface area (Å²) in [4.78, 5) is 26.8. The number of carbonyl (C=O) groups is 2. The van der Waals surface area contributed by atoms with Crippen LogP contribution >= 0.6 is 0 Å². The normalized spacial score (nSPS) is 18.8. The quantitative estimate of drug-likeness (QED) is 0.841. The summed E-state index contributed by atoms with van der Waals surface area (Å²) in [6.07, 6.45) is 1.60. The van der Waals surface area contributed by atoms with Gasteiger partial charge >= 0.3 is 0 Å². The zero-order valence-corrected chi connectivity index (χ0v) is 15.3. The van der Waals surface area contributed by atoms with E-state index in [2.05, 4.69) is 0 Å². The third-order valence-corrected chi connectivity index (χ3v) is 5.08. The van der Waals surface area contributed by atoms with Gasteiger partial charge in [0, 0.05) is 31.8 Å². The van der Waals surface area contributed by atoms with Gasteiger partial charge in [-0.1, -0.05) is 13.8 Å². The topological polar surface area (TPSA) is 65.1 Å². The van der Waals surface area contributed by atoms with Gasteiger partial charge in [0.1, 0.15) is 5.60 Å². The van der Waals surface area contributed by atoms with E-state index < -0.39 is 5.60 Å². The summed E-state index contributed by atoms with van der Waals surface area (Å²) in [6.45, 7) is 5.01. The van der Waals surface area contributed by atoms with Gasteiger partial charge in [0.2, 0.25) is 11.7 Å². The van der Waals surface area contributed by atoms with Crippen LogP contribution in [0.5, 0.6) is 17.2 Å². The van der Waals surface area contributed by atoms with Crippen molar-refractivity contribution in [2.45, 2.75) is 38.7 Å². The number of ketones is 1. The van der Waals surface area contributed by atoms with Crippen LogP contribution < -0.4 is 14.2 Å². The number of ether oxygens (including phenoxy) is 3. The van der Waals surface area contributed by atoms with E-state index in [0.717, 1.165) is 0 Å². The van der Waals surface area contributed by atoms with Crippen LogP contribution in [0.15, 0.2) is 12.1 Å². The van der Waals surface area contributed by atoms with Gasteiger partial charge in [-0.3, -0.25) is 9.59 Å². The van der Waals surface area contributed by atoms with Crippen molar-refractivity contribution in [1.29, 1.82) is 0 Å². The molecular weight excluding hydrogens is 322 g/mol. The molecule has 0 bridgehead atoms. The van der Waals surface area contributed by atoms with E-state index in [1.807, 2.05) is 18.7 Å². The SMILES string of the molecule is COc1ccc2c(c1OC)OC1(CCN(C(=O)C(C)C)CC1)CC2=O. The van der Waals surface area contributed by atoms with E-state index in [9.17, 15) is 9.59 Å². The number of carbonyl (C=O) groups excluding carboxylic acids is 2. The summed E-state index contributed by atoms with van der Waals surface area (Å²) in [7, 11) is 3.10. The number of amides is 1. The largest absolute Gasteiger partial charge is 0.493 e. The first-order chi connectivity index (χ1) is 11.9. The van der Waals surface area contributed by atoms with Crippen LogP contribution in [0.3, 0.4) is 0 Å². The number of benzene rings is 1. The second-order valence-electron chi connectivity index (χ2n) is 7.04. The van der Waals surface area contributed by atoms with E-state index in [1.54, 1.807) is 19.2 Å². The smallest absolute Gasteiger partial charge is 0.225 e. The molecule has 0 aliphatic carbocycles. The van der Waals surface area contributed by atoms with Gasteiger partial charge in [0.15, 0.2) is 17.3 Å². The fraction of sp³-hybridized carbons (Fsp3) is 0.579.